The second-order valence-electron chi connectivity index (χ2n) is 4.65. The highest BCUT2D eigenvalue weighted by Crippen LogP contribution is 2.32. The predicted molar refractivity (Wildman–Crippen MR) is 77.2 cm³/mol. The average molecular weight is 297 g/mol. The molecule has 0 aliphatic carbocycles. The van der Waals surface area contributed by atoms with Crippen LogP contribution >= 0.6 is 11.6 Å². The average Bonchev–Trinajstić information content (AvgIpc) is 2.42. The minimum Gasteiger partial charge on any atom is -0.495 e. The maximum absolute atomic E-state index is 12.5. The van der Waals surface area contributed by atoms with Crippen LogP contribution in [-0.4, -0.2) is 31.5 Å². The van der Waals surface area contributed by atoms with Gasteiger partial charge in [-0.25, -0.2) is 0 Å². The van der Waals surface area contributed by atoms with Gasteiger partial charge >= 0.3 is 0 Å². The standard InChI is InChI=1S/C14H17ClN2O3/c1-3-4-10-14(19)17(8-13(18)16-10)11-7-9(15)5-6-12(11)20-2/h5-7,10H,3-4,8H2,1-2H3,(H,16,18). The number of ether oxygens (including phenoxy) is 1. The molecule has 0 bridgehead atoms. The minimum absolute atomic E-state index is 0.0181. The Morgan fingerprint density at radius 1 is 1.45 bits per heavy atom. The number of carbonyl (C=O) groups excluding carboxylic acids is 2. The van der Waals surface area contributed by atoms with Crippen molar-refractivity contribution in [1.82, 2.24) is 5.32 Å². The second kappa shape index (κ2) is 6.13. The molecule has 2 amide bonds. The molecule has 0 radical (unpaired) electrons. The van der Waals surface area contributed by atoms with E-state index >= 15 is 0 Å². The van der Waals surface area contributed by atoms with Gasteiger partial charge in [0.1, 0.15) is 18.3 Å². The molecule has 1 saturated heterocycles. The number of carbonyl (C=O) groups is 2. The third kappa shape index (κ3) is 2.88. The van der Waals surface area contributed by atoms with Gasteiger partial charge in [0.15, 0.2) is 0 Å². The van der Waals surface area contributed by atoms with E-state index in [-0.39, 0.29) is 18.4 Å². The summed E-state index contributed by atoms with van der Waals surface area (Å²) in [6.45, 7) is 1.95. The van der Waals surface area contributed by atoms with Crippen LogP contribution in [-0.2, 0) is 9.59 Å². The first kappa shape index (κ1) is 14.7. The van der Waals surface area contributed by atoms with Gasteiger partial charge in [0.05, 0.1) is 12.8 Å². The van der Waals surface area contributed by atoms with Gasteiger partial charge in [-0.05, 0) is 24.6 Å². The zero-order valence-corrected chi connectivity index (χ0v) is 12.2. The number of halogens is 1. The van der Waals surface area contributed by atoms with Crippen LogP contribution in [0, 0.1) is 0 Å². The summed E-state index contributed by atoms with van der Waals surface area (Å²) in [4.78, 5) is 25.7. The Morgan fingerprint density at radius 2 is 2.20 bits per heavy atom. The fourth-order valence-corrected chi connectivity index (χ4v) is 2.44. The highest BCUT2D eigenvalue weighted by molar-refractivity contribution is 6.31. The Kier molecular flexibility index (Phi) is 4.49. The lowest BCUT2D eigenvalue weighted by atomic mass is 10.1. The molecule has 6 heteroatoms. The minimum atomic E-state index is -0.482. The van der Waals surface area contributed by atoms with Crippen molar-refractivity contribution < 1.29 is 14.3 Å². The number of amides is 2. The number of benzene rings is 1. The highest BCUT2D eigenvalue weighted by Gasteiger charge is 2.34. The van der Waals surface area contributed by atoms with Crippen LogP contribution in [0.5, 0.6) is 5.75 Å². The lowest BCUT2D eigenvalue weighted by molar-refractivity contribution is -0.131. The van der Waals surface area contributed by atoms with Crippen molar-refractivity contribution in [1.29, 1.82) is 0 Å². The van der Waals surface area contributed by atoms with Crippen molar-refractivity contribution in [2.45, 2.75) is 25.8 Å². The fraction of sp³-hybridized carbons (Fsp3) is 0.429. The number of nitrogens with one attached hydrogen (secondary N) is 1. The first-order chi connectivity index (χ1) is 9.56. The van der Waals surface area contributed by atoms with Gasteiger partial charge in [0, 0.05) is 5.02 Å². The molecule has 1 unspecified atom stereocenters. The predicted octanol–water partition coefficient (Wildman–Crippen LogP) is 1.98. The van der Waals surface area contributed by atoms with Gasteiger partial charge in [0.2, 0.25) is 11.8 Å². The Bertz CT molecular complexity index is 533. The molecule has 0 aromatic heterocycles. The molecule has 1 aromatic carbocycles. The van der Waals surface area contributed by atoms with Crippen molar-refractivity contribution >= 4 is 29.1 Å². The Labute approximate surface area is 122 Å². The third-order valence-corrected chi connectivity index (χ3v) is 3.45. The summed E-state index contributed by atoms with van der Waals surface area (Å²) >= 11 is 5.98. The summed E-state index contributed by atoms with van der Waals surface area (Å²) in [5.74, 6) is 0.213. The molecule has 1 N–H and O–H groups in total. The first-order valence-corrected chi connectivity index (χ1v) is 6.89. The van der Waals surface area contributed by atoms with Crippen LogP contribution in [0.3, 0.4) is 0 Å². The van der Waals surface area contributed by atoms with E-state index in [4.69, 9.17) is 16.3 Å². The van der Waals surface area contributed by atoms with E-state index in [0.717, 1.165) is 6.42 Å². The van der Waals surface area contributed by atoms with Gasteiger partial charge in [-0.1, -0.05) is 24.9 Å². The molecule has 2 rings (SSSR count). The molecule has 0 spiro atoms. The van der Waals surface area contributed by atoms with Crippen molar-refractivity contribution in [2.24, 2.45) is 0 Å². The van der Waals surface area contributed by atoms with E-state index in [9.17, 15) is 9.59 Å². The van der Waals surface area contributed by atoms with Crippen LogP contribution < -0.4 is 15.0 Å². The Balaban J connectivity index is 2.37. The summed E-state index contributed by atoms with van der Waals surface area (Å²) in [6, 6.07) is 4.53. The van der Waals surface area contributed by atoms with Crippen molar-refractivity contribution in [2.75, 3.05) is 18.6 Å². The van der Waals surface area contributed by atoms with Crippen LogP contribution in [0.2, 0.25) is 5.02 Å². The first-order valence-electron chi connectivity index (χ1n) is 6.51. The third-order valence-electron chi connectivity index (χ3n) is 3.21. The van der Waals surface area contributed by atoms with E-state index in [1.807, 2.05) is 6.92 Å². The number of rotatable bonds is 4. The molecule has 20 heavy (non-hydrogen) atoms. The van der Waals surface area contributed by atoms with Crippen molar-refractivity contribution in [3.05, 3.63) is 23.2 Å². The van der Waals surface area contributed by atoms with Crippen molar-refractivity contribution in [3.8, 4) is 5.75 Å². The molecule has 0 saturated carbocycles. The van der Waals surface area contributed by atoms with E-state index < -0.39 is 6.04 Å². The van der Waals surface area contributed by atoms with Crippen LogP contribution in [0.25, 0.3) is 0 Å². The largest absolute Gasteiger partial charge is 0.495 e. The summed E-state index contributed by atoms with van der Waals surface area (Å²) in [5, 5.41) is 3.21. The number of methoxy groups -OCH3 is 1. The van der Waals surface area contributed by atoms with E-state index in [1.54, 1.807) is 18.2 Å². The molecule has 1 aliphatic heterocycles. The Hall–Kier alpha value is -1.75. The molecule has 108 valence electrons. The van der Waals surface area contributed by atoms with Crippen LogP contribution in [0.15, 0.2) is 18.2 Å². The van der Waals surface area contributed by atoms with E-state index in [0.29, 0.717) is 22.9 Å². The zero-order chi connectivity index (χ0) is 14.7. The quantitative estimate of drug-likeness (QED) is 0.924. The maximum Gasteiger partial charge on any atom is 0.250 e. The zero-order valence-electron chi connectivity index (χ0n) is 11.5. The summed E-state index contributed by atoms with van der Waals surface area (Å²) in [5.41, 5.74) is 0.529. The molecule has 1 aliphatic rings. The summed E-state index contributed by atoms with van der Waals surface area (Å²) < 4.78 is 5.25. The molecular formula is C14H17ClN2O3. The van der Waals surface area contributed by atoms with Gasteiger partial charge in [-0.2, -0.15) is 0 Å². The topological polar surface area (TPSA) is 58.6 Å². The molecule has 1 aromatic rings. The molecule has 1 atom stereocenters. The molecule has 1 fully saturated rings. The number of nitrogens with zero attached hydrogens (tertiary/aromatic N) is 1. The lowest BCUT2D eigenvalue weighted by Crippen LogP contribution is -2.58. The lowest BCUT2D eigenvalue weighted by Gasteiger charge is -2.33. The number of hydrogen-bond donors (Lipinski definition) is 1. The van der Waals surface area contributed by atoms with E-state index in [2.05, 4.69) is 5.32 Å². The Morgan fingerprint density at radius 3 is 2.85 bits per heavy atom. The number of piperazine rings is 1. The molecule has 5 nitrogen and oxygen atoms in total. The fourth-order valence-electron chi connectivity index (χ4n) is 2.27. The van der Waals surface area contributed by atoms with Gasteiger partial charge in [0.25, 0.3) is 0 Å². The van der Waals surface area contributed by atoms with Gasteiger partial charge in [-0.3, -0.25) is 14.5 Å². The van der Waals surface area contributed by atoms with Crippen molar-refractivity contribution in [3.63, 3.8) is 0 Å². The monoisotopic (exact) mass is 296 g/mol. The van der Waals surface area contributed by atoms with Crippen LogP contribution in [0.1, 0.15) is 19.8 Å². The highest BCUT2D eigenvalue weighted by atomic mass is 35.5. The van der Waals surface area contributed by atoms with E-state index in [1.165, 1.54) is 12.0 Å². The smallest absolute Gasteiger partial charge is 0.250 e. The maximum atomic E-state index is 12.5. The van der Waals surface area contributed by atoms with Gasteiger partial charge in [-0.15, -0.1) is 0 Å². The normalized spacial score (nSPS) is 18.9. The number of anilines is 1. The second-order valence-corrected chi connectivity index (χ2v) is 5.09. The number of hydrogen-bond acceptors (Lipinski definition) is 3. The summed E-state index contributed by atoms with van der Waals surface area (Å²) in [7, 11) is 1.52. The van der Waals surface area contributed by atoms with Gasteiger partial charge < -0.3 is 10.1 Å². The molecular weight excluding hydrogens is 280 g/mol. The SMILES string of the molecule is CCCC1NC(=O)CN(c2cc(Cl)ccc2OC)C1=O. The molecule has 1 heterocycles. The summed E-state index contributed by atoms with van der Waals surface area (Å²) in [6.07, 6.45) is 1.43. The van der Waals surface area contributed by atoms with Crippen LogP contribution in [0.4, 0.5) is 5.69 Å².